The molecule has 28 heavy (non-hydrogen) atoms. The van der Waals surface area contributed by atoms with Crippen LogP contribution in [0, 0.1) is 6.92 Å². The van der Waals surface area contributed by atoms with Crippen molar-refractivity contribution in [2.45, 2.75) is 6.92 Å². The fourth-order valence-corrected chi connectivity index (χ4v) is 3.19. The van der Waals surface area contributed by atoms with Crippen molar-refractivity contribution in [1.82, 2.24) is 25.6 Å². The first-order chi connectivity index (χ1) is 13.5. The molecule has 7 nitrogen and oxygen atoms in total. The third-order valence-corrected chi connectivity index (χ3v) is 4.67. The quantitative estimate of drug-likeness (QED) is 0.466. The lowest BCUT2D eigenvalue weighted by Gasteiger charge is -2.08. The fraction of sp³-hybridized carbons (Fsp3) is 0.0500. The predicted molar refractivity (Wildman–Crippen MR) is 107 cm³/mol. The summed E-state index contributed by atoms with van der Waals surface area (Å²) in [5, 5.41) is 5.60. The van der Waals surface area contributed by atoms with Crippen LogP contribution in [0.4, 0.5) is 0 Å². The molecule has 3 N–H and O–H groups in total. The molecule has 2 aromatic heterocycles. The molecule has 140 valence electrons. The minimum atomic E-state index is -0.459. The number of nitrogens with zero attached hydrogens (tertiary/aromatic N) is 2. The van der Waals surface area contributed by atoms with Crippen LogP contribution in [0.25, 0.3) is 16.6 Å². The number of halogens is 1. The van der Waals surface area contributed by atoms with E-state index < -0.39 is 11.8 Å². The van der Waals surface area contributed by atoms with E-state index in [4.69, 9.17) is 11.6 Å². The van der Waals surface area contributed by atoms with Gasteiger partial charge in [0.25, 0.3) is 11.8 Å². The van der Waals surface area contributed by atoms with E-state index in [0.29, 0.717) is 21.8 Å². The summed E-state index contributed by atoms with van der Waals surface area (Å²) in [6.07, 6.45) is 3.05. The van der Waals surface area contributed by atoms with Crippen LogP contribution in [-0.2, 0) is 0 Å². The van der Waals surface area contributed by atoms with Gasteiger partial charge in [0.2, 0.25) is 0 Å². The molecule has 0 saturated carbocycles. The van der Waals surface area contributed by atoms with Gasteiger partial charge in [0.1, 0.15) is 0 Å². The second kappa shape index (κ2) is 7.21. The molecule has 2 aromatic carbocycles. The first-order valence-corrected chi connectivity index (χ1v) is 8.90. The van der Waals surface area contributed by atoms with Crippen molar-refractivity contribution in [3.63, 3.8) is 0 Å². The smallest absolute Gasteiger partial charge is 0.273 e. The van der Waals surface area contributed by atoms with Gasteiger partial charge in [-0.25, -0.2) is 4.68 Å². The average Bonchev–Trinajstić information content (AvgIpc) is 3.29. The Morgan fingerprint density at radius 3 is 2.57 bits per heavy atom. The summed E-state index contributed by atoms with van der Waals surface area (Å²) >= 11 is 6.02. The fourth-order valence-electron chi connectivity index (χ4n) is 3.01. The Morgan fingerprint density at radius 2 is 1.79 bits per heavy atom. The van der Waals surface area contributed by atoms with Crippen LogP contribution < -0.4 is 10.9 Å². The third kappa shape index (κ3) is 3.23. The number of amides is 2. The molecule has 4 rings (SSSR count). The summed E-state index contributed by atoms with van der Waals surface area (Å²) in [6, 6.07) is 14.6. The molecule has 0 bridgehead atoms. The molecular weight excluding hydrogens is 378 g/mol. The van der Waals surface area contributed by atoms with Gasteiger partial charge in [-0.05, 0) is 31.2 Å². The van der Waals surface area contributed by atoms with E-state index in [1.165, 1.54) is 6.20 Å². The number of fused-ring (bicyclic) bond motifs is 1. The van der Waals surface area contributed by atoms with Crippen LogP contribution in [0.3, 0.4) is 0 Å². The maximum atomic E-state index is 12.5. The van der Waals surface area contributed by atoms with Crippen molar-refractivity contribution >= 4 is 34.3 Å². The number of aromatic amines is 1. The van der Waals surface area contributed by atoms with E-state index in [1.54, 1.807) is 36.0 Å². The maximum absolute atomic E-state index is 12.5. The van der Waals surface area contributed by atoms with Crippen molar-refractivity contribution in [2.24, 2.45) is 0 Å². The number of H-pyrrole nitrogens is 1. The molecular formula is C20H16ClN5O2. The van der Waals surface area contributed by atoms with Gasteiger partial charge in [-0.15, -0.1) is 0 Å². The Kier molecular flexibility index (Phi) is 4.58. The lowest BCUT2D eigenvalue weighted by Crippen LogP contribution is -2.41. The highest BCUT2D eigenvalue weighted by Gasteiger charge is 2.17. The molecule has 0 fully saturated rings. The van der Waals surface area contributed by atoms with Gasteiger partial charge in [0, 0.05) is 22.1 Å². The first kappa shape index (κ1) is 17.8. The van der Waals surface area contributed by atoms with Crippen LogP contribution in [0.1, 0.15) is 26.4 Å². The third-order valence-electron chi connectivity index (χ3n) is 4.43. The summed E-state index contributed by atoms with van der Waals surface area (Å²) in [7, 11) is 0. The SMILES string of the molecule is Cc1c(C(=O)NNC(=O)c2c[nH]c3ccccc23)cnn1-c1cccc(Cl)c1. The van der Waals surface area contributed by atoms with Crippen molar-refractivity contribution in [2.75, 3.05) is 0 Å². The molecule has 0 unspecified atom stereocenters. The van der Waals surface area contributed by atoms with Gasteiger partial charge in [-0.2, -0.15) is 5.10 Å². The second-order valence-corrected chi connectivity index (χ2v) is 6.63. The number of hydrogen-bond acceptors (Lipinski definition) is 3. The van der Waals surface area contributed by atoms with E-state index in [-0.39, 0.29) is 0 Å². The number of para-hydroxylation sites is 1. The molecule has 0 aliphatic rings. The Morgan fingerprint density at radius 1 is 1.04 bits per heavy atom. The molecule has 8 heteroatoms. The first-order valence-electron chi connectivity index (χ1n) is 8.52. The van der Waals surface area contributed by atoms with Crippen molar-refractivity contribution < 1.29 is 9.59 Å². The van der Waals surface area contributed by atoms with Crippen LogP contribution >= 0.6 is 11.6 Å². The van der Waals surface area contributed by atoms with Gasteiger partial charge < -0.3 is 4.98 Å². The normalized spacial score (nSPS) is 10.8. The van der Waals surface area contributed by atoms with E-state index in [1.807, 2.05) is 30.3 Å². The summed E-state index contributed by atoms with van der Waals surface area (Å²) in [5.74, 6) is -0.871. The van der Waals surface area contributed by atoms with Crippen LogP contribution in [-0.4, -0.2) is 26.6 Å². The number of hydrazine groups is 1. The lowest BCUT2D eigenvalue weighted by molar-refractivity contribution is 0.0847. The van der Waals surface area contributed by atoms with E-state index in [2.05, 4.69) is 20.9 Å². The molecule has 0 aliphatic carbocycles. The highest BCUT2D eigenvalue weighted by molar-refractivity contribution is 6.30. The maximum Gasteiger partial charge on any atom is 0.273 e. The Balaban J connectivity index is 1.49. The standard InChI is InChI=1S/C20H16ClN5O2/c1-12-16(11-23-26(12)14-6-4-5-13(21)9-14)19(27)24-25-20(28)17-10-22-18-8-3-2-7-15(17)18/h2-11,22H,1H3,(H,24,27)(H,25,28). The molecule has 0 atom stereocenters. The highest BCUT2D eigenvalue weighted by Crippen LogP contribution is 2.19. The number of benzene rings is 2. The van der Waals surface area contributed by atoms with Crippen molar-refractivity contribution in [3.05, 3.63) is 82.8 Å². The Hall–Kier alpha value is -3.58. The van der Waals surface area contributed by atoms with Crippen molar-refractivity contribution in [1.29, 1.82) is 0 Å². The van der Waals surface area contributed by atoms with E-state index in [9.17, 15) is 9.59 Å². The molecule has 0 spiro atoms. The van der Waals surface area contributed by atoms with Crippen molar-refractivity contribution in [3.8, 4) is 5.69 Å². The van der Waals surface area contributed by atoms with Gasteiger partial charge in [0.05, 0.1) is 28.7 Å². The number of nitrogens with one attached hydrogen (secondary N) is 3. The van der Waals surface area contributed by atoms with Gasteiger partial charge in [0.15, 0.2) is 0 Å². The van der Waals surface area contributed by atoms with Crippen LogP contribution in [0.15, 0.2) is 60.9 Å². The molecule has 4 aromatic rings. The monoisotopic (exact) mass is 393 g/mol. The summed E-state index contributed by atoms with van der Waals surface area (Å²) in [6.45, 7) is 1.77. The highest BCUT2D eigenvalue weighted by atomic mass is 35.5. The second-order valence-electron chi connectivity index (χ2n) is 6.19. The van der Waals surface area contributed by atoms with Gasteiger partial charge in [-0.3, -0.25) is 20.4 Å². The topological polar surface area (TPSA) is 91.8 Å². The summed E-state index contributed by atoms with van der Waals surface area (Å²) in [5.41, 5.74) is 7.89. The molecule has 2 amide bonds. The molecule has 0 aliphatic heterocycles. The summed E-state index contributed by atoms with van der Waals surface area (Å²) < 4.78 is 1.61. The molecule has 0 saturated heterocycles. The number of aromatic nitrogens is 3. The number of hydrogen-bond donors (Lipinski definition) is 3. The number of rotatable bonds is 3. The molecule has 0 radical (unpaired) electrons. The number of carbonyl (C=O) groups is 2. The van der Waals surface area contributed by atoms with Crippen LogP contribution in [0.2, 0.25) is 5.02 Å². The van der Waals surface area contributed by atoms with Crippen LogP contribution in [0.5, 0.6) is 0 Å². The lowest BCUT2D eigenvalue weighted by atomic mass is 10.2. The zero-order valence-corrected chi connectivity index (χ0v) is 15.6. The zero-order chi connectivity index (χ0) is 19.7. The minimum absolute atomic E-state index is 0.346. The Bertz CT molecular complexity index is 1190. The molecule has 2 heterocycles. The largest absolute Gasteiger partial charge is 0.360 e. The predicted octanol–water partition coefficient (Wildman–Crippen LogP) is 3.39. The Labute approximate surface area is 165 Å². The number of carbonyl (C=O) groups excluding carboxylic acids is 2. The minimum Gasteiger partial charge on any atom is -0.360 e. The van der Waals surface area contributed by atoms with Gasteiger partial charge >= 0.3 is 0 Å². The van der Waals surface area contributed by atoms with E-state index in [0.717, 1.165) is 16.6 Å². The summed E-state index contributed by atoms with van der Waals surface area (Å²) in [4.78, 5) is 28.0. The zero-order valence-electron chi connectivity index (χ0n) is 14.9. The average molecular weight is 394 g/mol. The van der Waals surface area contributed by atoms with E-state index >= 15 is 0 Å². The van der Waals surface area contributed by atoms with Gasteiger partial charge in [-0.1, -0.05) is 35.9 Å².